The van der Waals surface area contributed by atoms with Crippen LogP contribution in [0, 0.1) is 0 Å². The van der Waals surface area contributed by atoms with Gasteiger partial charge in [-0.15, -0.1) is 0 Å². The maximum absolute atomic E-state index is 9.29. The van der Waals surface area contributed by atoms with Gasteiger partial charge in [-0.25, -0.2) is 0 Å². The molecule has 0 radical (unpaired) electrons. The quantitative estimate of drug-likeness (QED) is 0.544. The monoisotopic (exact) mass is 214 g/mol. The van der Waals surface area contributed by atoms with E-state index >= 15 is 0 Å². The molecule has 0 bridgehead atoms. The van der Waals surface area contributed by atoms with E-state index in [9.17, 15) is 4.89 Å². The predicted octanol–water partition coefficient (Wildman–Crippen LogP) is 2.77. The molecule has 0 aliphatic heterocycles. The lowest BCUT2D eigenvalue weighted by molar-refractivity contribution is 0.404. The largest absolute Gasteiger partial charge is 0.337 e. The smallest absolute Gasteiger partial charge is 0.244 e. The molecule has 0 saturated carbocycles. The Hall–Kier alpha value is 0.920. The summed E-state index contributed by atoms with van der Waals surface area (Å²) in [5.74, 6) is 0.912. The molecule has 0 fully saturated rings. The van der Waals surface area contributed by atoms with Crippen LogP contribution in [0.1, 0.15) is 26.2 Å². The zero-order chi connectivity index (χ0) is 8.74. The highest BCUT2D eigenvalue weighted by molar-refractivity contribution is 8.67. The van der Waals surface area contributed by atoms with Crippen LogP contribution in [0.25, 0.3) is 0 Å². The van der Waals surface area contributed by atoms with Crippen molar-refractivity contribution in [1.29, 1.82) is 0 Å². The van der Waals surface area contributed by atoms with Crippen LogP contribution in [-0.4, -0.2) is 17.8 Å². The van der Waals surface area contributed by atoms with Crippen LogP contribution in [0.5, 0.6) is 0 Å². The Morgan fingerprint density at radius 3 is 2.64 bits per heavy atom. The Balaban J connectivity index is 3.31. The Morgan fingerprint density at radius 1 is 1.55 bits per heavy atom. The minimum Gasteiger partial charge on any atom is -0.337 e. The highest BCUT2D eigenvalue weighted by atomic mass is 32.9. The van der Waals surface area contributed by atoms with Crippen molar-refractivity contribution in [2.45, 2.75) is 26.2 Å². The van der Waals surface area contributed by atoms with E-state index in [4.69, 9.17) is 16.3 Å². The summed E-state index contributed by atoms with van der Waals surface area (Å²) in [5.41, 5.74) is -2.46. The van der Waals surface area contributed by atoms with Crippen molar-refractivity contribution in [3.8, 4) is 0 Å². The van der Waals surface area contributed by atoms with Gasteiger partial charge in [0.25, 0.3) is 0 Å². The summed E-state index contributed by atoms with van der Waals surface area (Å²) in [6.07, 6.45) is 3.51. The first-order valence-electron chi connectivity index (χ1n) is 3.65. The average molecular weight is 214 g/mol. The number of hydrogen-bond donors (Lipinski definition) is 1. The fourth-order valence-electron chi connectivity index (χ4n) is 0.585. The molecule has 68 valence electrons. The summed E-state index contributed by atoms with van der Waals surface area (Å²) in [6, 6.07) is 0. The van der Waals surface area contributed by atoms with Crippen molar-refractivity contribution in [1.82, 2.24) is 0 Å². The Kier molecular flexibility index (Phi) is 6.98. The zero-order valence-electron chi connectivity index (χ0n) is 6.95. The van der Waals surface area contributed by atoms with Crippen LogP contribution in [0.2, 0.25) is 0 Å². The lowest BCUT2D eigenvalue weighted by atomic mass is 10.3. The minimum absolute atomic E-state index is 0.912. The molecule has 0 spiro atoms. The SMILES string of the molecule is CCCCCSP(O)(=S)OC. The second-order valence-corrected chi connectivity index (χ2v) is 8.60. The molecule has 1 unspecified atom stereocenters. The first kappa shape index (κ1) is 11.9. The van der Waals surface area contributed by atoms with Crippen molar-refractivity contribution in [2.24, 2.45) is 0 Å². The third-order valence-electron chi connectivity index (χ3n) is 1.23. The lowest BCUT2D eigenvalue weighted by Gasteiger charge is -2.10. The van der Waals surface area contributed by atoms with E-state index in [0.717, 1.165) is 12.2 Å². The first-order valence-corrected chi connectivity index (χ1v) is 7.92. The molecule has 0 amide bonds. The van der Waals surface area contributed by atoms with Gasteiger partial charge in [-0.3, -0.25) is 0 Å². The Bertz CT molecular complexity index is 141. The van der Waals surface area contributed by atoms with E-state index in [-0.39, 0.29) is 0 Å². The molecular weight excluding hydrogens is 199 g/mol. The fraction of sp³-hybridized carbons (Fsp3) is 1.00. The third-order valence-corrected chi connectivity index (χ3v) is 5.86. The van der Waals surface area contributed by atoms with E-state index in [1.807, 2.05) is 0 Å². The van der Waals surface area contributed by atoms with Gasteiger partial charge in [0.1, 0.15) is 0 Å². The Morgan fingerprint density at radius 2 is 2.18 bits per heavy atom. The maximum atomic E-state index is 9.29. The standard InChI is InChI=1S/C6H15O2PS2/c1-3-4-5-6-11-9(7,10)8-2/h3-6H2,1-2H3,(H,7,10). The highest BCUT2D eigenvalue weighted by Gasteiger charge is 2.10. The first-order chi connectivity index (χ1) is 5.12. The average Bonchev–Trinajstić information content (AvgIpc) is 1.99. The van der Waals surface area contributed by atoms with Gasteiger partial charge in [-0.05, 0) is 18.2 Å². The third kappa shape index (κ3) is 7.29. The lowest BCUT2D eigenvalue weighted by Crippen LogP contribution is -1.82. The maximum Gasteiger partial charge on any atom is 0.244 e. The molecule has 0 aromatic carbocycles. The summed E-state index contributed by atoms with van der Waals surface area (Å²) in [6.45, 7) is 2.15. The van der Waals surface area contributed by atoms with Crippen LogP contribution in [0.15, 0.2) is 0 Å². The Labute approximate surface area is 77.6 Å². The predicted molar refractivity (Wildman–Crippen MR) is 55.5 cm³/mol. The second kappa shape index (κ2) is 6.44. The normalized spacial score (nSPS) is 16.3. The van der Waals surface area contributed by atoms with Crippen molar-refractivity contribution in [3.63, 3.8) is 0 Å². The number of rotatable bonds is 6. The molecule has 2 nitrogen and oxygen atoms in total. The minimum atomic E-state index is -2.46. The molecule has 1 N–H and O–H groups in total. The van der Waals surface area contributed by atoms with Gasteiger partial charge in [0.05, 0.1) is 0 Å². The summed E-state index contributed by atoms with van der Waals surface area (Å²) in [4.78, 5) is 9.29. The van der Waals surface area contributed by atoms with E-state index < -0.39 is 5.69 Å². The molecule has 1 atom stereocenters. The summed E-state index contributed by atoms with van der Waals surface area (Å²) < 4.78 is 4.76. The van der Waals surface area contributed by atoms with E-state index in [1.165, 1.54) is 31.3 Å². The molecule has 11 heavy (non-hydrogen) atoms. The van der Waals surface area contributed by atoms with Crippen LogP contribution in [-0.2, 0) is 16.3 Å². The number of hydrogen-bond acceptors (Lipinski definition) is 3. The molecule has 0 saturated heterocycles. The van der Waals surface area contributed by atoms with Crippen LogP contribution in [0.3, 0.4) is 0 Å². The van der Waals surface area contributed by atoms with Crippen LogP contribution < -0.4 is 0 Å². The highest BCUT2D eigenvalue weighted by Crippen LogP contribution is 2.55. The van der Waals surface area contributed by atoms with E-state index in [0.29, 0.717) is 0 Å². The summed E-state index contributed by atoms with van der Waals surface area (Å²) in [5, 5.41) is 0. The molecule has 0 heterocycles. The topological polar surface area (TPSA) is 29.5 Å². The van der Waals surface area contributed by atoms with E-state index in [1.54, 1.807) is 0 Å². The zero-order valence-corrected chi connectivity index (χ0v) is 9.48. The molecular formula is C6H15O2PS2. The van der Waals surface area contributed by atoms with Crippen LogP contribution >= 0.6 is 17.1 Å². The van der Waals surface area contributed by atoms with Gasteiger partial charge in [0.15, 0.2) is 0 Å². The molecule has 0 aromatic rings. The van der Waals surface area contributed by atoms with Gasteiger partial charge in [0.2, 0.25) is 5.69 Å². The summed E-state index contributed by atoms with van der Waals surface area (Å²) in [7, 11) is 1.47. The number of unbranched alkanes of at least 4 members (excludes halogenated alkanes) is 2. The van der Waals surface area contributed by atoms with Crippen molar-refractivity contribution in [3.05, 3.63) is 0 Å². The van der Waals surface area contributed by atoms with Gasteiger partial charge < -0.3 is 9.42 Å². The molecule has 0 rings (SSSR count). The molecule has 0 aromatic heterocycles. The van der Waals surface area contributed by atoms with Gasteiger partial charge in [-0.1, -0.05) is 31.1 Å². The summed E-state index contributed by atoms with van der Waals surface area (Å²) >= 11 is 6.18. The van der Waals surface area contributed by atoms with Crippen molar-refractivity contribution in [2.75, 3.05) is 12.9 Å². The second-order valence-electron chi connectivity index (χ2n) is 2.19. The molecule has 5 heteroatoms. The van der Waals surface area contributed by atoms with Crippen molar-refractivity contribution >= 4 is 28.9 Å². The van der Waals surface area contributed by atoms with Crippen LogP contribution in [0.4, 0.5) is 0 Å². The molecule has 0 aliphatic rings. The van der Waals surface area contributed by atoms with Gasteiger partial charge in [0, 0.05) is 12.9 Å². The van der Waals surface area contributed by atoms with Crippen molar-refractivity contribution < 1.29 is 9.42 Å². The van der Waals surface area contributed by atoms with E-state index in [2.05, 4.69) is 6.92 Å². The fourth-order valence-corrected chi connectivity index (χ4v) is 3.32. The molecule has 0 aliphatic carbocycles. The van der Waals surface area contributed by atoms with Gasteiger partial charge >= 0.3 is 0 Å². The van der Waals surface area contributed by atoms with Gasteiger partial charge in [-0.2, -0.15) is 0 Å².